The van der Waals surface area contributed by atoms with Crippen LogP contribution in [0.15, 0.2) is 24.3 Å². The number of unbranched alkanes of at least 4 members (excludes halogenated alkanes) is 3. The van der Waals surface area contributed by atoms with E-state index in [0.717, 1.165) is 19.3 Å². The van der Waals surface area contributed by atoms with Crippen molar-refractivity contribution in [1.82, 2.24) is 9.80 Å². The summed E-state index contributed by atoms with van der Waals surface area (Å²) in [4.78, 5) is 44.3. The molecule has 7 nitrogen and oxygen atoms in total. The van der Waals surface area contributed by atoms with Crippen molar-refractivity contribution in [3.8, 4) is 0 Å². The number of ether oxygens (including phenoxy) is 1. The van der Waals surface area contributed by atoms with Gasteiger partial charge in [-0.2, -0.15) is 0 Å². The third-order valence-electron chi connectivity index (χ3n) is 7.23. The number of carbonyl (C=O) groups is 3. The molecule has 0 aromatic heterocycles. The largest absolute Gasteiger partial charge is 0.461 e. The minimum absolute atomic E-state index is 0.0316. The van der Waals surface area contributed by atoms with Gasteiger partial charge in [0, 0.05) is 31.0 Å². The lowest BCUT2D eigenvalue weighted by atomic mass is 9.75. The molecule has 176 valence electrons. The number of aliphatic hydroxyl groups excluding tert-OH is 1. The van der Waals surface area contributed by atoms with Gasteiger partial charge in [0.1, 0.15) is 12.6 Å². The van der Waals surface area contributed by atoms with Gasteiger partial charge in [0.05, 0.1) is 16.6 Å². The fourth-order valence-corrected chi connectivity index (χ4v) is 7.94. The fraction of sp³-hybridized carbons (Fsp3) is 0.708. The number of hydrogen-bond acceptors (Lipinski definition) is 6. The molecular formula is C24H34N2O5S. The van der Waals surface area contributed by atoms with Crippen LogP contribution in [0.5, 0.6) is 0 Å². The number of likely N-dealkylation sites (tertiary alicyclic amines) is 1. The van der Waals surface area contributed by atoms with Gasteiger partial charge in [-0.25, -0.2) is 0 Å². The van der Waals surface area contributed by atoms with Crippen molar-refractivity contribution in [3.05, 3.63) is 24.3 Å². The van der Waals surface area contributed by atoms with Crippen molar-refractivity contribution in [2.24, 2.45) is 11.8 Å². The van der Waals surface area contributed by atoms with E-state index in [9.17, 15) is 19.5 Å². The molecule has 0 bridgehead atoms. The highest BCUT2D eigenvalue weighted by molar-refractivity contribution is 8.02. The van der Waals surface area contributed by atoms with Crippen molar-refractivity contribution in [2.75, 3.05) is 32.8 Å². The zero-order chi connectivity index (χ0) is 22.9. The van der Waals surface area contributed by atoms with Crippen molar-refractivity contribution in [1.29, 1.82) is 0 Å². The van der Waals surface area contributed by atoms with Crippen LogP contribution in [0.25, 0.3) is 0 Å². The van der Waals surface area contributed by atoms with Crippen molar-refractivity contribution in [3.63, 3.8) is 0 Å². The van der Waals surface area contributed by atoms with E-state index >= 15 is 0 Å². The maximum absolute atomic E-state index is 13.9. The van der Waals surface area contributed by atoms with Crippen LogP contribution >= 0.6 is 11.8 Å². The smallest absolute Gasteiger partial charge is 0.311 e. The molecule has 2 fully saturated rings. The average Bonchev–Trinajstić information content (AvgIpc) is 3.01. The zero-order valence-corrected chi connectivity index (χ0v) is 19.8. The van der Waals surface area contributed by atoms with E-state index in [1.807, 2.05) is 36.1 Å². The molecule has 5 atom stereocenters. The summed E-state index contributed by atoms with van der Waals surface area (Å²) < 4.78 is 4.03. The Morgan fingerprint density at radius 1 is 1.06 bits per heavy atom. The summed E-state index contributed by atoms with van der Waals surface area (Å²) in [6, 6.07) is -0.644. The maximum atomic E-state index is 13.9. The van der Waals surface area contributed by atoms with Crippen molar-refractivity contribution in [2.45, 2.75) is 61.5 Å². The minimum Gasteiger partial charge on any atom is -0.461 e. The molecular weight excluding hydrogens is 428 g/mol. The van der Waals surface area contributed by atoms with Gasteiger partial charge < -0.3 is 19.6 Å². The molecule has 2 saturated heterocycles. The Labute approximate surface area is 194 Å². The van der Waals surface area contributed by atoms with Gasteiger partial charge in [-0.3, -0.25) is 14.4 Å². The first-order valence-electron chi connectivity index (χ1n) is 11.8. The number of rotatable bonds is 8. The van der Waals surface area contributed by atoms with Crippen LogP contribution in [0, 0.1) is 11.8 Å². The standard InChI is InChI=1S/C24H34N2O5S/c1-3-4-5-12-25-13-8-11-24-17(18-22(30)31-16-9-10-23(18,2)32-24)20(28)26(14-6-7-15-27)19(24)21(25)29/h8-11,17-19,27H,3-7,12-16H2,1-2H3/t17-,18-,19?,23+,24-/m0/s1. The lowest BCUT2D eigenvalue weighted by Gasteiger charge is -2.36. The van der Waals surface area contributed by atoms with Crippen LogP contribution in [0.1, 0.15) is 46.0 Å². The molecule has 0 saturated carbocycles. The number of cyclic esters (lactones) is 1. The molecule has 0 aromatic carbocycles. The molecule has 0 aliphatic carbocycles. The van der Waals surface area contributed by atoms with Gasteiger partial charge >= 0.3 is 5.97 Å². The number of aliphatic hydroxyl groups is 1. The summed E-state index contributed by atoms with van der Waals surface area (Å²) in [5.74, 6) is -1.80. The van der Waals surface area contributed by atoms with Crippen LogP contribution in [-0.2, 0) is 19.1 Å². The van der Waals surface area contributed by atoms with Crippen LogP contribution in [-0.4, -0.2) is 81.1 Å². The molecule has 8 heteroatoms. The molecule has 1 unspecified atom stereocenters. The Kier molecular flexibility index (Phi) is 6.73. The number of amides is 2. The molecule has 4 aliphatic rings. The highest BCUT2D eigenvalue weighted by Crippen LogP contribution is 2.65. The van der Waals surface area contributed by atoms with Crippen LogP contribution in [0.4, 0.5) is 0 Å². The molecule has 1 N–H and O–H groups in total. The first kappa shape index (κ1) is 23.4. The third-order valence-corrected chi connectivity index (χ3v) is 9.03. The average molecular weight is 463 g/mol. The van der Waals surface area contributed by atoms with Crippen LogP contribution in [0.3, 0.4) is 0 Å². The van der Waals surface area contributed by atoms with E-state index in [-0.39, 0.29) is 31.0 Å². The molecule has 1 spiro atoms. The summed E-state index contributed by atoms with van der Waals surface area (Å²) in [6.45, 7) is 5.97. The Hall–Kier alpha value is -1.80. The lowest BCUT2D eigenvalue weighted by Crippen LogP contribution is -2.53. The highest BCUT2D eigenvalue weighted by Gasteiger charge is 2.73. The molecule has 0 aromatic rings. The van der Waals surface area contributed by atoms with Crippen molar-refractivity contribution >= 4 is 29.5 Å². The molecule has 2 amide bonds. The number of carbonyl (C=O) groups excluding carboxylic acids is 3. The van der Waals surface area contributed by atoms with E-state index in [4.69, 9.17) is 4.74 Å². The van der Waals surface area contributed by atoms with E-state index in [0.29, 0.717) is 32.5 Å². The Morgan fingerprint density at radius 2 is 1.84 bits per heavy atom. The number of thioether (sulfide) groups is 1. The monoisotopic (exact) mass is 462 g/mol. The van der Waals surface area contributed by atoms with Crippen molar-refractivity contribution < 1.29 is 24.2 Å². The minimum atomic E-state index is -0.799. The Morgan fingerprint density at radius 3 is 2.59 bits per heavy atom. The number of nitrogens with zero attached hydrogens (tertiary/aromatic N) is 2. The SMILES string of the molecule is CCCCCN1CC=C[C@]23S[C@]4(C)C=CCOC(=O)[C@@H]4[C@H]2C(=O)N(CCCCO)C3C1=O. The fourth-order valence-electron chi connectivity index (χ4n) is 5.79. The maximum Gasteiger partial charge on any atom is 0.311 e. The Balaban J connectivity index is 1.75. The third kappa shape index (κ3) is 3.69. The highest BCUT2D eigenvalue weighted by atomic mass is 32.2. The molecule has 4 aliphatic heterocycles. The molecule has 4 rings (SSSR count). The van der Waals surface area contributed by atoms with Gasteiger partial charge in [0.25, 0.3) is 0 Å². The lowest BCUT2D eigenvalue weighted by molar-refractivity contribution is -0.152. The van der Waals surface area contributed by atoms with Gasteiger partial charge in [-0.15, -0.1) is 11.8 Å². The van der Waals surface area contributed by atoms with Gasteiger partial charge in [-0.05, 0) is 32.3 Å². The van der Waals surface area contributed by atoms with Crippen LogP contribution in [0.2, 0.25) is 0 Å². The number of esters is 1. The second-order valence-electron chi connectivity index (χ2n) is 9.39. The first-order chi connectivity index (χ1) is 15.4. The summed E-state index contributed by atoms with van der Waals surface area (Å²) in [6.07, 6.45) is 12.1. The first-order valence-corrected chi connectivity index (χ1v) is 12.6. The number of fused-ring (bicyclic) bond motifs is 2. The molecule has 0 radical (unpaired) electrons. The topological polar surface area (TPSA) is 87.2 Å². The summed E-state index contributed by atoms with van der Waals surface area (Å²) in [5.41, 5.74) is 0. The zero-order valence-electron chi connectivity index (χ0n) is 19.0. The van der Waals surface area contributed by atoms with Gasteiger partial charge in [0.2, 0.25) is 11.8 Å². The van der Waals surface area contributed by atoms with Gasteiger partial charge in [-0.1, -0.05) is 38.0 Å². The molecule has 32 heavy (non-hydrogen) atoms. The van der Waals surface area contributed by atoms with E-state index in [1.165, 1.54) is 0 Å². The van der Waals surface area contributed by atoms with Gasteiger partial charge in [0.15, 0.2) is 0 Å². The normalized spacial score (nSPS) is 36.0. The summed E-state index contributed by atoms with van der Waals surface area (Å²) in [5, 5.41) is 9.25. The second kappa shape index (κ2) is 9.21. The van der Waals surface area contributed by atoms with E-state index < -0.39 is 27.4 Å². The quantitative estimate of drug-likeness (QED) is 0.338. The Bertz CT molecular complexity index is 829. The number of hydrogen-bond donors (Lipinski definition) is 1. The summed E-state index contributed by atoms with van der Waals surface area (Å²) in [7, 11) is 0. The van der Waals surface area contributed by atoms with Crippen LogP contribution < -0.4 is 0 Å². The van der Waals surface area contributed by atoms with E-state index in [1.54, 1.807) is 16.7 Å². The molecule has 4 heterocycles. The predicted molar refractivity (Wildman–Crippen MR) is 123 cm³/mol. The predicted octanol–water partition coefficient (Wildman–Crippen LogP) is 2.15. The van der Waals surface area contributed by atoms with E-state index in [2.05, 4.69) is 6.92 Å². The summed E-state index contributed by atoms with van der Waals surface area (Å²) >= 11 is 1.58. The second-order valence-corrected chi connectivity index (χ2v) is 11.2.